The zero-order valence-corrected chi connectivity index (χ0v) is 8.48. The number of rotatable bonds is 3. The van der Waals surface area contributed by atoms with E-state index in [0.29, 0.717) is 12.4 Å². The lowest BCUT2D eigenvalue weighted by molar-refractivity contribution is 0.151. The van der Waals surface area contributed by atoms with E-state index >= 15 is 0 Å². The van der Waals surface area contributed by atoms with Crippen molar-refractivity contribution in [2.45, 2.75) is 13.0 Å². The van der Waals surface area contributed by atoms with E-state index in [1.807, 2.05) is 0 Å². The summed E-state index contributed by atoms with van der Waals surface area (Å²) in [6.45, 7) is 0.402. The van der Waals surface area contributed by atoms with Gasteiger partial charge in [-0.3, -0.25) is 0 Å². The molecule has 2 rings (SSSR count). The Bertz CT molecular complexity index is 480. The maximum Gasteiger partial charge on any atom is 0.263 e. The Labute approximate surface area is 91.5 Å². The van der Waals surface area contributed by atoms with Crippen LogP contribution in [0.1, 0.15) is 17.6 Å². The van der Waals surface area contributed by atoms with Crippen molar-refractivity contribution in [3.8, 4) is 0 Å². The highest BCUT2D eigenvalue weighted by Crippen LogP contribution is 2.20. The third-order valence-electron chi connectivity index (χ3n) is 2.28. The Morgan fingerprint density at radius 2 is 2.12 bits per heavy atom. The molecule has 5 heteroatoms. The molecule has 16 heavy (non-hydrogen) atoms. The zero-order valence-electron chi connectivity index (χ0n) is 8.48. The Morgan fingerprint density at radius 3 is 2.75 bits per heavy atom. The molecule has 0 spiro atoms. The summed E-state index contributed by atoms with van der Waals surface area (Å²) in [5.41, 5.74) is 6.41. The van der Waals surface area contributed by atoms with E-state index in [1.54, 1.807) is 29.1 Å². The van der Waals surface area contributed by atoms with Crippen molar-refractivity contribution in [2.24, 2.45) is 0 Å². The zero-order chi connectivity index (χ0) is 11.5. The lowest BCUT2D eigenvalue weighted by Crippen LogP contribution is -2.05. The standard InChI is InChI=1S/C11H11F2N3/c12-11(13)9-3-1-2-8(6-9)7-16-10(14)4-5-15-16/h1-6,11H,7,14H2. The average Bonchev–Trinajstić information content (AvgIpc) is 2.65. The maximum atomic E-state index is 12.5. The first-order valence-corrected chi connectivity index (χ1v) is 4.81. The fraction of sp³-hybridized carbons (Fsp3) is 0.182. The molecule has 0 aliphatic rings. The first kappa shape index (κ1) is 10.6. The van der Waals surface area contributed by atoms with Gasteiger partial charge < -0.3 is 5.73 Å². The number of nitrogens with zero attached hydrogens (tertiary/aromatic N) is 2. The molecular formula is C11H11F2N3. The van der Waals surface area contributed by atoms with Crippen LogP contribution in [0.25, 0.3) is 0 Å². The summed E-state index contributed by atoms with van der Waals surface area (Å²) in [6, 6.07) is 7.91. The van der Waals surface area contributed by atoms with Crippen LogP contribution in [-0.2, 0) is 6.54 Å². The van der Waals surface area contributed by atoms with E-state index in [-0.39, 0.29) is 5.56 Å². The fourth-order valence-electron chi connectivity index (χ4n) is 1.48. The van der Waals surface area contributed by atoms with E-state index in [1.165, 1.54) is 12.1 Å². The van der Waals surface area contributed by atoms with Crippen LogP contribution in [0.2, 0.25) is 0 Å². The Hall–Kier alpha value is -1.91. The summed E-state index contributed by atoms with van der Waals surface area (Å²) < 4.78 is 26.5. The fourth-order valence-corrected chi connectivity index (χ4v) is 1.48. The molecule has 2 N–H and O–H groups in total. The van der Waals surface area contributed by atoms with Crippen molar-refractivity contribution in [3.05, 3.63) is 47.7 Å². The SMILES string of the molecule is Nc1ccnn1Cc1cccc(C(F)F)c1. The summed E-state index contributed by atoms with van der Waals surface area (Å²) in [4.78, 5) is 0. The van der Waals surface area contributed by atoms with Crippen molar-refractivity contribution >= 4 is 5.82 Å². The second-order valence-electron chi connectivity index (χ2n) is 3.46. The maximum absolute atomic E-state index is 12.5. The topological polar surface area (TPSA) is 43.8 Å². The summed E-state index contributed by atoms with van der Waals surface area (Å²) in [7, 11) is 0. The summed E-state index contributed by atoms with van der Waals surface area (Å²) in [6.07, 6.45) is -0.873. The van der Waals surface area contributed by atoms with Gasteiger partial charge in [-0.25, -0.2) is 13.5 Å². The molecule has 0 radical (unpaired) electrons. The highest BCUT2D eigenvalue weighted by atomic mass is 19.3. The monoisotopic (exact) mass is 223 g/mol. The molecule has 1 aromatic carbocycles. The molecule has 3 nitrogen and oxygen atoms in total. The molecule has 0 aliphatic carbocycles. The van der Waals surface area contributed by atoms with Gasteiger partial charge in [0.2, 0.25) is 0 Å². The first-order chi connectivity index (χ1) is 7.66. The minimum absolute atomic E-state index is 0.0169. The molecule has 0 atom stereocenters. The predicted molar refractivity (Wildman–Crippen MR) is 57.1 cm³/mol. The van der Waals surface area contributed by atoms with Crippen LogP contribution in [0.3, 0.4) is 0 Å². The molecule has 2 aromatic rings. The Kier molecular flexibility index (Phi) is 2.85. The first-order valence-electron chi connectivity index (χ1n) is 4.81. The van der Waals surface area contributed by atoms with E-state index in [0.717, 1.165) is 5.56 Å². The van der Waals surface area contributed by atoms with Gasteiger partial charge in [-0.1, -0.05) is 18.2 Å². The van der Waals surface area contributed by atoms with Crippen molar-refractivity contribution in [1.82, 2.24) is 9.78 Å². The predicted octanol–water partition coefficient (Wildman–Crippen LogP) is 2.45. The van der Waals surface area contributed by atoms with Gasteiger partial charge in [0.1, 0.15) is 5.82 Å². The smallest absolute Gasteiger partial charge is 0.263 e. The molecule has 0 bridgehead atoms. The number of aromatic nitrogens is 2. The van der Waals surface area contributed by atoms with Crippen LogP contribution in [0.5, 0.6) is 0 Å². The van der Waals surface area contributed by atoms with Gasteiger partial charge in [0.15, 0.2) is 0 Å². The van der Waals surface area contributed by atoms with Crippen LogP contribution < -0.4 is 5.73 Å². The number of nitrogens with two attached hydrogens (primary N) is 1. The molecule has 0 saturated heterocycles. The van der Waals surface area contributed by atoms with Gasteiger partial charge in [0.05, 0.1) is 12.7 Å². The molecule has 1 aromatic heterocycles. The lowest BCUT2D eigenvalue weighted by Gasteiger charge is -2.06. The van der Waals surface area contributed by atoms with Gasteiger partial charge in [-0.15, -0.1) is 0 Å². The van der Waals surface area contributed by atoms with Crippen molar-refractivity contribution < 1.29 is 8.78 Å². The Morgan fingerprint density at radius 1 is 1.31 bits per heavy atom. The third-order valence-corrected chi connectivity index (χ3v) is 2.28. The summed E-state index contributed by atoms with van der Waals surface area (Å²) >= 11 is 0. The van der Waals surface area contributed by atoms with E-state index in [4.69, 9.17) is 5.73 Å². The van der Waals surface area contributed by atoms with Crippen molar-refractivity contribution in [2.75, 3.05) is 5.73 Å². The molecule has 0 saturated carbocycles. The highest BCUT2D eigenvalue weighted by Gasteiger charge is 2.07. The average molecular weight is 223 g/mol. The number of benzene rings is 1. The van der Waals surface area contributed by atoms with Gasteiger partial charge in [-0.2, -0.15) is 5.10 Å². The molecular weight excluding hydrogens is 212 g/mol. The van der Waals surface area contributed by atoms with Gasteiger partial charge in [0, 0.05) is 5.56 Å². The van der Waals surface area contributed by atoms with Gasteiger partial charge >= 0.3 is 0 Å². The van der Waals surface area contributed by atoms with Crippen LogP contribution in [0.4, 0.5) is 14.6 Å². The summed E-state index contributed by atoms with van der Waals surface area (Å²) in [5, 5.41) is 3.99. The van der Waals surface area contributed by atoms with E-state index < -0.39 is 6.43 Å². The number of nitrogen functional groups attached to an aromatic ring is 1. The minimum atomic E-state index is -2.45. The second-order valence-corrected chi connectivity index (χ2v) is 3.46. The molecule has 0 unspecified atom stereocenters. The second kappa shape index (κ2) is 4.30. The van der Waals surface area contributed by atoms with E-state index in [9.17, 15) is 8.78 Å². The van der Waals surface area contributed by atoms with Crippen molar-refractivity contribution in [1.29, 1.82) is 0 Å². The number of hydrogen-bond acceptors (Lipinski definition) is 2. The van der Waals surface area contributed by atoms with E-state index in [2.05, 4.69) is 5.10 Å². The number of hydrogen-bond donors (Lipinski definition) is 1. The Balaban J connectivity index is 2.22. The van der Waals surface area contributed by atoms with Crippen LogP contribution in [0.15, 0.2) is 36.5 Å². The quantitative estimate of drug-likeness (QED) is 0.868. The van der Waals surface area contributed by atoms with Crippen LogP contribution >= 0.6 is 0 Å². The number of anilines is 1. The normalized spacial score (nSPS) is 10.9. The molecule has 1 heterocycles. The molecule has 0 amide bonds. The molecule has 0 fully saturated rings. The van der Waals surface area contributed by atoms with Crippen molar-refractivity contribution in [3.63, 3.8) is 0 Å². The van der Waals surface area contributed by atoms with Crippen LogP contribution in [-0.4, -0.2) is 9.78 Å². The van der Waals surface area contributed by atoms with Gasteiger partial charge in [-0.05, 0) is 17.7 Å². The van der Waals surface area contributed by atoms with Gasteiger partial charge in [0.25, 0.3) is 6.43 Å². The lowest BCUT2D eigenvalue weighted by atomic mass is 10.1. The molecule has 0 aliphatic heterocycles. The number of halogens is 2. The largest absolute Gasteiger partial charge is 0.384 e. The third kappa shape index (κ3) is 2.18. The van der Waals surface area contributed by atoms with Crippen LogP contribution in [0, 0.1) is 0 Å². The minimum Gasteiger partial charge on any atom is -0.384 e. The highest BCUT2D eigenvalue weighted by molar-refractivity contribution is 5.29. The summed E-state index contributed by atoms with van der Waals surface area (Å²) in [5.74, 6) is 0.516. The molecule has 84 valence electrons. The number of alkyl halides is 2.